The molecule has 3 N–H and O–H groups in total. The Morgan fingerprint density at radius 1 is 1.22 bits per heavy atom. The van der Waals surface area contributed by atoms with Crippen molar-refractivity contribution in [2.75, 3.05) is 40.4 Å². The number of amides is 2. The highest BCUT2D eigenvalue weighted by atomic mass is 19.1. The number of carbonyl (C=O) groups is 1. The lowest BCUT2D eigenvalue weighted by Gasteiger charge is -2.43. The smallest absolute Gasteiger partial charge is 0.317 e. The number of nitrogens with zero attached hydrogens (tertiary/aromatic N) is 1. The first kappa shape index (κ1) is 28.9. The van der Waals surface area contributed by atoms with Crippen LogP contribution in [0.5, 0.6) is 0 Å². The van der Waals surface area contributed by atoms with E-state index < -0.39 is 5.60 Å². The minimum atomic E-state index is -1.32. The Morgan fingerprint density at radius 3 is 2.72 bits per heavy atom. The number of likely N-dealkylation sites (tertiary alicyclic amines) is 1. The van der Waals surface area contributed by atoms with Crippen LogP contribution >= 0.6 is 0 Å². The number of methoxy groups -OCH3 is 1. The summed E-state index contributed by atoms with van der Waals surface area (Å²) in [6.45, 7) is 4.18. The number of aliphatic hydroxyl groups is 1. The molecular weight excluding hydrogens is 457 g/mol. The molecule has 204 valence electrons. The van der Waals surface area contributed by atoms with Crippen molar-refractivity contribution in [3.8, 4) is 0 Å². The van der Waals surface area contributed by atoms with Gasteiger partial charge in [0.2, 0.25) is 0 Å². The number of urea groups is 1. The number of likely N-dealkylation sites (N-methyl/N-ethyl adjacent to an activating group) is 1. The third-order valence-corrected chi connectivity index (χ3v) is 8.32. The summed E-state index contributed by atoms with van der Waals surface area (Å²) >= 11 is 0. The van der Waals surface area contributed by atoms with Crippen molar-refractivity contribution in [3.63, 3.8) is 0 Å². The zero-order valence-electron chi connectivity index (χ0n) is 22.7. The predicted octanol–water partition coefficient (Wildman–Crippen LogP) is 5.12. The molecular formula is C29H48FN3O3. The monoisotopic (exact) mass is 505 g/mol. The lowest BCUT2D eigenvalue weighted by Crippen LogP contribution is -2.54. The van der Waals surface area contributed by atoms with Gasteiger partial charge in [0.15, 0.2) is 0 Å². The minimum Gasteiger partial charge on any atom is -0.385 e. The summed E-state index contributed by atoms with van der Waals surface area (Å²) in [6, 6.07) is 5.29. The van der Waals surface area contributed by atoms with Crippen LogP contribution in [0.15, 0.2) is 18.2 Å². The van der Waals surface area contributed by atoms with Crippen LogP contribution in [0.25, 0.3) is 0 Å². The molecule has 1 aromatic carbocycles. The van der Waals surface area contributed by atoms with Crippen LogP contribution in [-0.2, 0) is 10.3 Å². The van der Waals surface area contributed by atoms with Crippen LogP contribution in [0, 0.1) is 24.6 Å². The van der Waals surface area contributed by atoms with Gasteiger partial charge in [0, 0.05) is 50.9 Å². The van der Waals surface area contributed by atoms with E-state index in [1.807, 2.05) is 18.0 Å². The lowest BCUT2D eigenvalue weighted by molar-refractivity contribution is -0.0588. The third kappa shape index (κ3) is 7.65. The highest BCUT2D eigenvalue weighted by Crippen LogP contribution is 2.41. The quantitative estimate of drug-likeness (QED) is 0.345. The zero-order valence-corrected chi connectivity index (χ0v) is 22.7. The predicted molar refractivity (Wildman–Crippen MR) is 142 cm³/mol. The van der Waals surface area contributed by atoms with Crippen molar-refractivity contribution in [1.82, 2.24) is 15.5 Å². The van der Waals surface area contributed by atoms with Crippen LogP contribution in [0.1, 0.15) is 81.8 Å². The second-order valence-corrected chi connectivity index (χ2v) is 11.0. The summed E-state index contributed by atoms with van der Waals surface area (Å²) in [5.74, 6) is 0.111. The van der Waals surface area contributed by atoms with Gasteiger partial charge < -0.3 is 25.4 Å². The minimum absolute atomic E-state index is 0.0674. The molecule has 2 amide bonds. The average molecular weight is 506 g/mol. The number of benzene rings is 1. The van der Waals surface area contributed by atoms with E-state index in [9.17, 15) is 9.90 Å². The summed E-state index contributed by atoms with van der Waals surface area (Å²) < 4.78 is 20.5. The van der Waals surface area contributed by atoms with Crippen molar-refractivity contribution >= 4 is 6.03 Å². The van der Waals surface area contributed by atoms with Gasteiger partial charge in [0.1, 0.15) is 5.82 Å². The summed E-state index contributed by atoms with van der Waals surface area (Å²) in [7, 11) is 3.59. The molecule has 6 nitrogen and oxygen atoms in total. The summed E-state index contributed by atoms with van der Waals surface area (Å²) in [6.07, 6.45) is 10.9. The highest BCUT2D eigenvalue weighted by Gasteiger charge is 2.43. The number of rotatable bonds is 12. The summed E-state index contributed by atoms with van der Waals surface area (Å²) in [4.78, 5) is 15.2. The summed E-state index contributed by atoms with van der Waals surface area (Å²) in [5.41, 5.74) is -0.432. The number of unbranched alkanes of at least 4 members (excludes halogenated alkanes) is 1. The first-order valence-corrected chi connectivity index (χ1v) is 14.1. The van der Waals surface area contributed by atoms with E-state index in [2.05, 4.69) is 10.6 Å². The molecule has 1 saturated heterocycles. The van der Waals surface area contributed by atoms with Gasteiger partial charge >= 0.3 is 6.03 Å². The molecule has 2 aliphatic rings. The van der Waals surface area contributed by atoms with Crippen molar-refractivity contribution < 1.29 is 19.0 Å². The molecule has 1 heterocycles. The Kier molecular flexibility index (Phi) is 11.5. The van der Waals surface area contributed by atoms with E-state index in [1.54, 1.807) is 26.2 Å². The molecule has 1 unspecified atom stereocenters. The Bertz CT molecular complexity index is 817. The van der Waals surface area contributed by atoms with Gasteiger partial charge in [-0.05, 0) is 64.0 Å². The standard InChI is InChI=1S/C29H48FN3O3/c1-22-11-9-15-26(27(22)30)29(35,16-7-8-18-36-3)24-14-10-17-33(21-24)28(34)32-25(20-31-2)19-23-12-5-4-6-13-23/h9,11,15,23-25,31,35H,4-8,10,12-14,16-21H2,1-3H3,(H,32,34)/t24-,25?,29+/m1/s1. The maximum absolute atomic E-state index is 15.3. The first-order valence-electron chi connectivity index (χ1n) is 14.1. The Labute approximate surface area is 217 Å². The van der Waals surface area contributed by atoms with Crippen molar-refractivity contribution in [2.45, 2.75) is 89.2 Å². The highest BCUT2D eigenvalue weighted by molar-refractivity contribution is 5.74. The van der Waals surface area contributed by atoms with Gasteiger partial charge in [0.25, 0.3) is 0 Å². The van der Waals surface area contributed by atoms with Crippen molar-refractivity contribution in [3.05, 3.63) is 35.1 Å². The Balaban J connectivity index is 1.72. The van der Waals surface area contributed by atoms with E-state index in [1.165, 1.54) is 32.1 Å². The van der Waals surface area contributed by atoms with Gasteiger partial charge in [-0.1, -0.05) is 50.3 Å². The number of hydrogen-bond donors (Lipinski definition) is 3. The topological polar surface area (TPSA) is 73.8 Å². The second kappa shape index (κ2) is 14.3. The number of halogens is 1. The maximum Gasteiger partial charge on any atom is 0.317 e. The van der Waals surface area contributed by atoms with E-state index >= 15 is 4.39 Å². The fourth-order valence-electron chi connectivity index (χ4n) is 6.26. The molecule has 1 saturated carbocycles. The van der Waals surface area contributed by atoms with Crippen molar-refractivity contribution in [2.24, 2.45) is 11.8 Å². The molecule has 0 aromatic heterocycles. The van der Waals surface area contributed by atoms with Gasteiger partial charge in [-0.25, -0.2) is 9.18 Å². The van der Waals surface area contributed by atoms with Crippen LogP contribution in [0.3, 0.4) is 0 Å². The average Bonchev–Trinajstić information content (AvgIpc) is 2.89. The molecule has 36 heavy (non-hydrogen) atoms. The number of carbonyl (C=O) groups excluding carboxylic acids is 1. The normalized spacial score (nSPS) is 21.7. The number of aryl methyl sites for hydroxylation is 1. The van der Waals surface area contributed by atoms with Gasteiger partial charge in [-0.3, -0.25) is 0 Å². The van der Waals surface area contributed by atoms with Crippen LogP contribution in [0.4, 0.5) is 9.18 Å². The van der Waals surface area contributed by atoms with E-state index in [-0.39, 0.29) is 23.8 Å². The molecule has 7 heteroatoms. The molecule has 0 radical (unpaired) electrons. The van der Waals surface area contributed by atoms with Gasteiger partial charge in [-0.15, -0.1) is 0 Å². The number of piperidine rings is 1. The number of nitrogens with one attached hydrogen (secondary N) is 2. The van der Waals surface area contributed by atoms with E-state index in [0.29, 0.717) is 43.2 Å². The molecule has 1 aliphatic heterocycles. The van der Waals surface area contributed by atoms with Crippen LogP contribution in [-0.4, -0.2) is 62.5 Å². The second-order valence-electron chi connectivity index (χ2n) is 11.0. The molecule has 3 atom stereocenters. The fourth-order valence-corrected chi connectivity index (χ4v) is 6.26. The van der Waals surface area contributed by atoms with E-state index in [4.69, 9.17) is 4.74 Å². The summed E-state index contributed by atoms with van der Waals surface area (Å²) in [5, 5.41) is 18.6. The molecule has 3 rings (SSSR count). The molecule has 2 fully saturated rings. The van der Waals surface area contributed by atoms with Gasteiger partial charge in [0.05, 0.1) is 5.60 Å². The van der Waals surface area contributed by atoms with Crippen LogP contribution in [0.2, 0.25) is 0 Å². The molecule has 1 aromatic rings. The Morgan fingerprint density at radius 2 is 2.00 bits per heavy atom. The lowest BCUT2D eigenvalue weighted by atomic mass is 9.73. The fraction of sp³-hybridized carbons (Fsp3) is 0.759. The number of ether oxygens (including phenoxy) is 1. The SMILES string of the molecule is CNCC(CC1CCCCC1)NC(=O)N1CCC[C@@H]([C@@](O)(CCCCOC)c2cccc(C)c2F)C1. The van der Waals surface area contributed by atoms with Crippen molar-refractivity contribution in [1.29, 1.82) is 0 Å². The first-order chi connectivity index (χ1) is 17.4. The number of hydrogen-bond acceptors (Lipinski definition) is 4. The zero-order chi connectivity index (χ0) is 26.0. The van der Waals surface area contributed by atoms with Gasteiger partial charge in [-0.2, -0.15) is 0 Å². The van der Waals surface area contributed by atoms with E-state index in [0.717, 1.165) is 38.6 Å². The molecule has 0 spiro atoms. The largest absolute Gasteiger partial charge is 0.385 e. The third-order valence-electron chi connectivity index (χ3n) is 8.32. The maximum atomic E-state index is 15.3. The molecule has 1 aliphatic carbocycles. The Hall–Kier alpha value is -1.70. The van der Waals surface area contributed by atoms with Crippen LogP contribution < -0.4 is 10.6 Å². The molecule has 0 bridgehead atoms.